The molecule has 0 spiro atoms. The zero-order valence-electron chi connectivity index (χ0n) is 13.1. The minimum absolute atomic E-state index is 0.0890. The van der Waals surface area contributed by atoms with Gasteiger partial charge in [-0.2, -0.15) is 4.84 Å². The molecule has 0 aromatic carbocycles. The summed E-state index contributed by atoms with van der Waals surface area (Å²) in [5.41, 5.74) is -2.92. The van der Waals surface area contributed by atoms with Crippen LogP contribution in [0.4, 0.5) is 0 Å². The van der Waals surface area contributed by atoms with Gasteiger partial charge in [-0.25, -0.2) is 9.59 Å². The van der Waals surface area contributed by atoms with Gasteiger partial charge in [-0.1, -0.05) is 13.3 Å². The van der Waals surface area contributed by atoms with Crippen LogP contribution in [0.15, 0.2) is 0 Å². The predicted octanol–water partition coefficient (Wildman–Crippen LogP) is -0.700. The summed E-state index contributed by atoms with van der Waals surface area (Å²) in [6.45, 7) is 2.31. The topological polar surface area (TPSA) is 117 Å². The number of hydroxylamine groups is 1. The second kappa shape index (κ2) is 6.50. The summed E-state index contributed by atoms with van der Waals surface area (Å²) in [6.07, 6.45) is 0.396. The Bertz CT molecular complexity index is 560. The van der Waals surface area contributed by atoms with Gasteiger partial charge in [0.1, 0.15) is 0 Å². The molecule has 2 aliphatic rings. The van der Waals surface area contributed by atoms with E-state index in [-0.39, 0.29) is 11.3 Å². The Hall–Kier alpha value is -2.20. The molecule has 10 heteroatoms. The molecule has 0 N–H and O–H groups in total. The van der Waals surface area contributed by atoms with Crippen molar-refractivity contribution >= 4 is 23.4 Å². The number of hydrazone groups is 1. The third-order valence-corrected chi connectivity index (χ3v) is 3.66. The van der Waals surface area contributed by atoms with Crippen molar-refractivity contribution in [3.63, 3.8) is 0 Å². The number of fused-ring (bicyclic) bond motifs is 1. The highest BCUT2D eigenvalue weighted by Gasteiger charge is 2.73. The number of hydrazine groups is 1. The SMILES string of the molecule is CCCCO[C@H]1C[C@@]2(C(=O)OC)C(=O)C(C(=O)OC)=[N+]([O-])N2O1. The summed E-state index contributed by atoms with van der Waals surface area (Å²) in [6, 6.07) is 0. The molecule has 0 aromatic heterocycles. The molecule has 0 radical (unpaired) electrons. The van der Waals surface area contributed by atoms with Crippen molar-refractivity contribution in [2.75, 3.05) is 20.8 Å². The first kappa shape index (κ1) is 17.2. The van der Waals surface area contributed by atoms with E-state index >= 15 is 0 Å². The first-order valence-corrected chi connectivity index (χ1v) is 7.08. The molecule has 2 rings (SSSR count). The van der Waals surface area contributed by atoms with E-state index in [1.165, 1.54) is 0 Å². The number of hydrogen-bond donors (Lipinski definition) is 0. The maximum atomic E-state index is 12.5. The van der Waals surface area contributed by atoms with E-state index in [0.717, 1.165) is 27.1 Å². The van der Waals surface area contributed by atoms with E-state index in [9.17, 15) is 19.6 Å². The molecule has 0 bridgehead atoms. The fourth-order valence-corrected chi connectivity index (χ4v) is 2.45. The van der Waals surface area contributed by atoms with Crippen LogP contribution in [-0.4, -0.2) is 66.1 Å². The van der Waals surface area contributed by atoms with Gasteiger partial charge < -0.3 is 19.4 Å². The number of ether oxygens (including phenoxy) is 3. The van der Waals surface area contributed by atoms with Crippen molar-refractivity contribution in [3.05, 3.63) is 5.21 Å². The van der Waals surface area contributed by atoms with Gasteiger partial charge in [0.2, 0.25) is 0 Å². The summed E-state index contributed by atoms with van der Waals surface area (Å²) < 4.78 is 14.4. The number of ketones is 1. The Kier molecular flexibility index (Phi) is 4.85. The van der Waals surface area contributed by atoms with E-state index in [4.69, 9.17) is 9.57 Å². The number of methoxy groups -OCH3 is 2. The molecule has 10 nitrogen and oxygen atoms in total. The first-order chi connectivity index (χ1) is 10.9. The average Bonchev–Trinajstić information content (AvgIpc) is 3.02. The van der Waals surface area contributed by atoms with Crippen molar-refractivity contribution < 1.29 is 38.3 Å². The van der Waals surface area contributed by atoms with Crippen LogP contribution in [0.5, 0.6) is 0 Å². The van der Waals surface area contributed by atoms with E-state index in [1.54, 1.807) is 0 Å². The predicted molar refractivity (Wildman–Crippen MR) is 72.6 cm³/mol. The monoisotopic (exact) mass is 330 g/mol. The largest absolute Gasteiger partial charge is 0.594 e. The van der Waals surface area contributed by atoms with Crippen molar-refractivity contribution in [3.8, 4) is 0 Å². The molecule has 0 amide bonds. The molecular formula is C13H18N2O8. The maximum Gasteiger partial charge on any atom is 0.411 e. The molecule has 23 heavy (non-hydrogen) atoms. The van der Waals surface area contributed by atoms with Gasteiger partial charge in [-0.15, -0.1) is 0 Å². The van der Waals surface area contributed by atoms with Gasteiger partial charge in [-0.3, -0.25) is 4.79 Å². The number of unbranched alkanes of at least 4 members (excludes halogenated alkanes) is 1. The van der Waals surface area contributed by atoms with Gasteiger partial charge in [0, 0.05) is 6.61 Å². The Morgan fingerprint density at radius 1 is 1.43 bits per heavy atom. The molecule has 1 saturated heterocycles. The Morgan fingerprint density at radius 2 is 2.13 bits per heavy atom. The Balaban J connectivity index is 2.33. The number of esters is 2. The molecule has 2 atom stereocenters. The molecular weight excluding hydrogens is 312 g/mol. The van der Waals surface area contributed by atoms with Gasteiger partial charge in [-0.05, 0) is 16.4 Å². The van der Waals surface area contributed by atoms with Gasteiger partial charge in [0.15, 0.2) is 6.29 Å². The van der Waals surface area contributed by atoms with Gasteiger partial charge >= 0.3 is 17.7 Å². The van der Waals surface area contributed by atoms with Crippen LogP contribution in [0.2, 0.25) is 0 Å². The summed E-state index contributed by atoms with van der Waals surface area (Å²) >= 11 is 0. The van der Waals surface area contributed by atoms with Crippen molar-refractivity contribution in [2.24, 2.45) is 0 Å². The van der Waals surface area contributed by atoms with Gasteiger partial charge in [0.05, 0.1) is 20.6 Å². The van der Waals surface area contributed by atoms with Crippen LogP contribution in [0.25, 0.3) is 0 Å². The molecule has 0 unspecified atom stereocenters. The number of rotatable bonds is 6. The van der Waals surface area contributed by atoms with E-state index < -0.39 is 35.3 Å². The third kappa shape index (κ3) is 2.53. The number of Topliss-reactive ketones (excluding diaryl/α,β-unsaturated/α-hetero) is 1. The smallest absolute Gasteiger partial charge is 0.411 e. The van der Waals surface area contributed by atoms with Crippen molar-refractivity contribution in [2.45, 2.75) is 38.0 Å². The number of hydrogen-bond acceptors (Lipinski definition) is 9. The fourth-order valence-electron chi connectivity index (χ4n) is 2.45. The highest BCUT2D eigenvalue weighted by atomic mass is 16.9. The maximum absolute atomic E-state index is 12.5. The molecule has 1 fully saturated rings. The van der Waals surface area contributed by atoms with Crippen LogP contribution in [0, 0.1) is 5.21 Å². The molecule has 0 saturated carbocycles. The lowest BCUT2D eigenvalue weighted by molar-refractivity contribution is -0.719. The van der Waals surface area contributed by atoms with Crippen LogP contribution in [0.3, 0.4) is 0 Å². The van der Waals surface area contributed by atoms with Gasteiger partial charge in [0.25, 0.3) is 11.3 Å². The van der Waals surface area contributed by atoms with E-state index in [2.05, 4.69) is 9.47 Å². The Labute approximate surface area is 132 Å². The third-order valence-electron chi connectivity index (χ3n) is 3.66. The lowest BCUT2D eigenvalue weighted by atomic mass is 9.89. The standard InChI is InChI=1S/C13H18N2O8/c1-4-5-6-22-8-7-13(12(18)21-3)10(16)9(11(17)20-2)14(19)15(13)23-8/h8H,4-7H2,1-3H3/t8-,13+/m1/s1. The zero-order chi connectivity index (χ0) is 17.2. The second-order valence-corrected chi connectivity index (χ2v) is 5.03. The minimum atomic E-state index is -2.07. The van der Waals surface area contributed by atoms with E-state index in [1.807, 2.05) is 6.92 Å². The summed E-state index contributed by atoms with van der Waals surface area (Å²) in [5.74, 6) is -3.20. The lowest BCUT2D eigenvalue weighted by Crippen LogP contribution is -2.54. The summed E-state index contributed by atoms with van der Waals surface area (Å²) in [5, 5.41) is 12.7. The molecule has 128 valence electrons. The lowest BCUT2D eigenvalue weighted by Gasteiger charge is -2.20. The molecule has 2 heterocycles. The summed E-state index contributed by atoms with van der Waals surface area (Å²) in [7, 11) is 2.08. The summed E-state index contributed by atoms with van der Waals surface area (Å²) in [4.78, 5) is 41.5. The molecule has 0 aromatic rings. The first-order valence-electron chi connectivity index (χ1n) is 7.08. The minimum Gasteiger partial charge on any atom is -0.594 e. The normalized spacial score (nSPS) is 26.5. The second-order valence-electron chi connectivity index (χ2n) is 5.03. The molecule has 0 aliphatic carbocycles. The highest BCUT2D eigenvalue weighted by Crippen LogP contribution is 2.38. The number of carbonyl (C=O) groups is 3. The van der Waals surface area contributed by atoms with E-state index in [0.29, 0.717) is 11.8 Å². The van der Waals surface area contributed by atoms with Crippen LogP contribution in [0.1, 0.15) is 26.2 Å². The van der Waals surface area contributed by atoms with Crippen molar-refractivity contribution in [1.29, 1.82) is 0 Å². The quantitative estimate of drug-likeness (QED) is 0.205. The zero-order valence-corrected chi connectivity index (χ0v) is 13.1. The highest BCUT2D eigenvalue weighted by molar-refractivity contribution is 6.66. The van der Waals surface area contributed by atoms with Crippen LogP contribution in [-0.2, 0) is 33.4 Å². The van der Waals surface area contributed by atoms with Crippen molar-refractivity contribution in [1.82, 2.24) is 5.17 Å². The number of carbonyl (C=O) groups excluding carboxylic acids is 3. The number of nitrogens with zero attached hydrogens (tertiary/aromatic N) is 2. The average molecular weight is 330 g/mol. The van der Waals surface area contributed by atoms with Crippen LogP contribution >= 0.6 is 0 Å². The fraction of sp³-hybridized carbons (Fsp3) is 0.692. The Morgan fingerprint density at radius 3 is 2.70 bits per heavy atom. The molecule has 2 aliphatic heterocycles. The van der Waals surface area contributed by atoms with Crippen LogP contribution < -0.4 is 0 Å².